The third kappa shape index (κ3) is 2.61. The lowest BCUT2D eigenvalue weighted by Crippen LogP contribution is -2.54. The third-order valence-electron chi connectivity index (χ3n) is 3.32. The Kier molecular flexibility index (Phi) is 3.69. The van der Waals surface area contributed by atoms with E-state index in [2.05, 4.69) is 5.32 Å². The lowest BCUT2D eigenvalue weighted by molar-refractivity contribution is -0.134. The van der Waals surface area contributed by atoms with Crippen LogP contribution >= 0.6 is 11.6 Å². The summed E-state index contributed by atoms with van der Waals surface area (Å²) in [5, 5.41) is 4.02. The molecule has 0 radical (unpaired) electrons. The summed E-state index contributed by atoms with van der Waals surface area (Å²) in [4.78, 5) is 13.7. The Balaban J connectivity index is 2.15. The lowest BCUT2D eigenvalue weighted by Gasteiger charge is -2.30. The minimum Gasteiger partial charge on any atom is -0.343 e. The number of carbonyl (C=O) groups excluding carboxylic acids is 1. The van der Waals surface area contributed by atoms with Crippen molar-refractivity contribution >= 4 is 17.5 Å². The van der Waals surface area contributed by atoms with Gasteiger partial charge in [-0.1, -0.05) is 23.7 Å². The van der Waals surface area contributed by atoms with Gasteiger partial charge in [0.2, 0.25) is 5.91 Å². The summed E-state index contributed by atoms with van der Waals surface area (Å²) >= 11 is 6.08. The molecule has 4 heteroatoms. The highest BCUT2D eigenvalue weighted by atomic mass is 35.5. The predicted octanol–water partition coefficient (Wildman–Crippen LogP) is 1.62. The molecule has 1 N–H and O–H groups in total. The second kappa shape index (κ2) is 5.07. The number of amides is 1. The standard InChI is InChI=1S/C13H17ClN2O/c1-9-10(4-3-5-11(9)14)8-12-13(17)16(2)7-6-15-12/h3-5,12,15H,6-8H2,1-2H3. The molecule has 1 saturated heterocycles. The molecule has 17 heavy (non-hydrogen) atoms. The molecule has 2 rings (SSSR count). The van der Waals surface area contributed by atoms with E-state index in [1.54, 1.807) is 4.90 Å². The number of halogens is 1. The van der Waals surface area contributed by atoms with E-state index in [1.165, 1.54) is 0 Å². The predicted molar refractivity (Wildman–Crippen MR) is 69.3 cm³/mol. The average molecular weight is 253 g/mol. The summed E-state index contributed by atoms with van der Waals surface area (Å²) in [5.41, 5.74) is 2.20. The largest absolute Gasteiger partial charge is 0.343 e. The first-order chi connectivity index (χ1) is 8.09. The van der Waals surface area contributed by atoms with Crippen molar-refractivity contribution in [2.45, 2.75) is 19.4 Å². The number of likely N-dealkylation sites (N-methyl/N-ethyl adjacent to an activating group) is 1. The fourth-order valence-corrected chi connectivity index (χ4v) is 2.32. The van der Waals surface area contributed by atoms with Gasteiger partial charge in [0.05, 0.1) is 6.04 Å². The summed E-state index contributed by atoms with van der Waals surface area (Å²) < 4.78 is 0. The molecule has 1 unspecified atom stereocenters. The lowest BCUT2D eigenvalue weighted by atomic mass is 9.99. The Bertz CT molecular complexity index is 433. The van der Waals surface area contributed by atoms with Crippen LogP contribution in [0.2, 0.25) is 5.02 Å². The minimum atomic E-state index is -0.120. The number of carbonyl (C=O) groups is 1. The second-order valence-corrected chi connectivity index (χ2v) is 4.90. The summed E-state index contributed by atoms with van der Waals surface area (Å²) in [7, 11) is 1.85. The van der Waals surface area contributed by atoms with Gasteiger partial charge in [-0.2, -0.15) is 0 Å². The fraction of sp³-hybridized carbons (Fsp3) is 0.462. The van der Waals surface area contributed by atoms with Crippen LogP contribution in [-0.2, 0) is 11.2 Å². The Labute approximate surface area is 107 Å². The zero-order valence-corrected chi connectivity index (χ0v) is 10.9. The van der Waals surface area contributed by atoms with Crippen LogP contribution in [0.15, 0.2) is 18.2 Å². The quantitative estimate of drug-likeness (QED) is 0.868. The highest BCUT2D eigenvalue weighted by Crippen LogP contribution is 2.20. The van der Waals surface area contributed by atoms with Crippen LogP contribution in [0.1, 0.15) is 11.1 Å². The zero-order valence-electron chi connectivity index (χ0n) is 10.2. The van der Waals surface area contributed by atoms with Gasteiger partial charge >= 0.3 is 0 Å². The number of benzene rings is 1. The Hall–Kier alpha value is -1.06. The van der Waals surface area contributed by atoms with E-state index >= 15 is 0 Å². The summed E-state index contributed by atoms with van der Waals surface area (Å²) in [6.07, 6.45) is 0.704. The molecular weight excluding hydrogens is 236 g/mol. The molecule has 1 aromatic carbocycles. The topological polar surface area (TPSA) is 32.3 Å². The maximum absolute atomic E-state index is 12.0. The van der Waals surface area contributed by atoms with Crippen molar-refractivity contribution in [1.82, 2.24) is 10.2 Å². The van der Waals surface area contributed by atoms with E-state index in [-0.39, 0.29) is 11.9 Å². The van der Waals surface area contributed by atoms with E-state index in [1.807, 2.05) is 32.2 Å². The third-order valence-corrected chi connectivity index (χ3v) is 3.73. The molecule has 1 amide bonds. The van der Waals surface area contributed by atoms with Crippen molar-refractivity contribution in [3.05, 3.63) is 34.3 Å². The first-order valence-electron chi connectivity index (χ1n) is 5.82. The number of hydrogen-bond acceptors (Lipinski definition) is 2. The number of nitrogens with zero attached hydrogens (tertiary/aromatic N) is 1. The van der Waals surface area contributed by atoms with Crippen molar-refractivity contribution in [3.8, 4) is 0 Å². The molecule has 1 aliphatic heterocycles. The molecular formula is C13H17ClN2O. The molecule has 3 nitrogen and oxygen atoms in total. The highest BCUT2D eigenvalue weighted by molar-refractivity contribution is 6.31. The van der Waals surface area contributed by atoms with E-state index in [9.17, 15) is 4.79 Å². The van der Waals surface area contributed by atoms with Gasteiger partial charge in [-0.05, 0) is 30.5 Å². The molecule has 1 heterocycles. The van der Waals surface area contributed by atoms with Gasteiger partial charge in [-0.15, -0.1) is 0 Å². The van der Waals surface area contributed by atoms with Crippen LogP contribution in [0, 0.1) is 6.92 Å². The highest BCUT2D eigenvalue weighted by Gasteiger charge is 2.26. The molecule has 0 saturated carbocycles. The van der Waals surface area contributed by atoms with Crippen molar-refractivity contribution in [2.24, 2.45) is 0 Å². The number of hydrogen-bond donors (Lipinski definition) is 1. The van der Waals surface area contributed by atoms with Crippen molar-refractivity contribution in [1.29, 1.82) is 0 Å². The van der Waals surface area contributed by atoms with Crippen molar-refractivity contribution in [3.63, 3.8) is 0 Å². The van der Waals surface area contributed by atoms with Gasteiger partial charge in [0.25, 0.3) is 0 Å². The summed E-state index contributed by atoms with van der Waals surface area (Å²) in [6, 6.07) is 5.72. The molecule has 1 aromatic rings. The van der Waals surface area contributed by atoms with Crippen LogP contribution in [0.5, 0.6) is 0 Å². The summed E-state index contributed by atoms with van der Waals surface area (Å²) in [5.74, 6) is 0.163. The van der Waals surface area contributed by atoms with E-state index in [4.69, 9.17) is 11.6 Å². The van der Waals surface area contributed by atoms with E-state index in [0.29, 0.717) is 6.42 Å². The SMILES string of the molecule is Cc1c(Cl)cccc1CC1NCCN(C)C1=O. The molecule has 0 bridgehead atoms. The maximum atomic E-state index is 12.0. The van der Waals surface area contributed by atoms with Gasteiger partial charge in [0.1, 0.15) is 0 Å². The maximum Gasteiger partial charge on any atom is 0.239 e. The number of rotatable bonds is 2. The van der Waals surface area contributed by atoms with Gasteiger partial charge in [0, 0.05) is 25.2 Å². The van der Waals surface area contributed by atoms with Gasteiger partial charge in [0.15, 0.2) is 0 Å². The minimum absolute atomic E-state index is 0.120. The number of piperazine rings is 1. The molecule has 1 atom stereocenters. The molecule has 0 spiro atoms. The molecule has 1 fully saturated rings. The van der Waals surface area contributed by atoms with Gasteiger partial charge in [-0.25, -0.2) is 0 Å². The van der Waals surface area contributed by atoms with Crippen molar-refractivity contribution in [2.75, 3.05) is 20.1 Å². The van der Waals surface area contributed by atoms with Crippen LogP contribution in [0.25, 0.3) is 0 Å². The van der Waals surface area contributed by atoms with Crippen LogP contribution in [-0.4, -0.2) is 37.0 Å². The Morgan fingerprint density at radius 1 is 1.53 bits per heavy atom. The van der Waals surface area contributed by atoms with E-state index < -0.39 is 0 Å². The normalized spacial score (nSPS) is 20.8. The van der Waals surface area contributed by atoms with Crippen molar-refractivity contribution < 1.29 is 4.79 Å². The zero-order chi connectivity index (χ0) is 12.4. The molecule has 0 aliphatic carbocycles. The van der Waals surface area contributed by atoms with Crippen LogP contribution in [0.3, 0.4) is 0 Å². The van der Waals surface area contributed by atoms with Crippen LogP contribution in [0.4, 0.5) is 0 Å². The molecule has 0 aromatic heterocycles. The first kappa shape index (κ1) is 12.4. The second-order valence-electron chi connectivity index (χ2n) is 4.49. The van der Waals surface area contributed by atoms with Crippen LogP contribution < -0.4 is 5.32 Å². The molecule has 1 aliphatic rings. The Morgan fingerprint density at radius 3 is 3.06 bits per heavy atom. The Morgan fingerprint density at radius 2 is 2.29 bits per heavy atom. The average Bonchev–Trinajstić information content (AvgIpc) is 2.31. The first-order valence-corrected chi connectivity index (χ1v) is 6.19. The fourth-order valence-electron chi connectivity index (χ4n) is 2.12. The van der Waals surface area contributed by atoms with Gasteiger partial charge in [-0.3, -0.25) is 4.79 Å². The summed E-state index contributed by atoms with van der Waals surface area (Å²) in [6.45, 7) is 3.63. The number of nitrogens with one attached hydrogen (secondary N) is 1. The van der Waals surface area contributed by atoms with Gasteiger partial charge < -0.3 is 10.2 Å². The van der Waals surface area contributed by atoms with E-state index in [0.717, 1.165) is 29.2 Å². The monoisotopic (exact) mass is 252 g/mol. The smallest absolute Gasteiger partial charge is 0.239 e. The molecule has 92 valence electrons.